The summed E-state index contributed by atoms with van der Waals surface area (Å²) in [6.45, 7) is 1.65. The van der Waals surface area contributed by atoms with Crippen molar-refractivity contribution in [3.63, 3.8) is 0 Å². The van der Waals surface area contributed by atoms with Crippen LogP contribution in [0.4, 0.5) is 46.0 Å². The molecule has 33 heteroatoms. The van der Waals surface area contributed by atoms with Gasteiger partial charge in [0.25, 0.3) is 36.3 Å². The number of carbonyl (C=O) groups excluding carboxylic acids is 1. The van der Waals surface area contributed by atoms with Crippen molar-refractivity contribution >= 4 is 137 Å². The zero-order chi connectivity index (χ0) is 55.2. The summed E-state index contributed by atoms with van der Waals surface area (Å²) < 4.78 is 146. The number of nitrogens with one attached hydrogen (secondary N) is 3. The van der Waals surface area contributed by atoms with Crippen molar-refractivity contribution in [2.24, 2.45) is 20.5 Å². The molecule has 7 N–H and O–H groups in total. The fourth-order valence-corrected chi connectivity index (χ4v) is 11.2. The van der Waals surface area contributed by atoms with E-state index < -0.39 is 66.5 Å². The number of aromatic nitrogens is 3. The van der Waals surface area contributed by atoms with Crippen molar-refractivity contribution < 1.29 is 76.2 Å². The second-order valence-electron chi connectivity index (χ2n) is 15.5. The molecule has 0 aliphatic rings. The van der Waals surface area contributed by atoms with Crippen LogP contribution in [-0.4, -0.2) is 106 Å². The van der Waals surface area contributed by atoms with Crippen molar-refractivity contribution in [1.82, 2.24) is 20.3 Å². The van der Waals surface area contributed by atoms with Gasteiger partial charge in [0, 0.05) is 56.7 Å². The van der Waals surface area contributed by atoms with Gasteiger partial charge in [-0.05, 0) is 84.1 Å². The number of ether oxygens (including phenoxy) is 2. The number of sulfone groups is 1. The summed E-state index contributed by atoms with van der Waals surface area (Å²) in [6, 6.07) is 19.4. The number of azo groups is 2. The van der Waals surface area contributed by atoms with Crippen molar-refractivity contribution in [2.75, 3.05) is 42.9 Å². The molecule has 0 bridgehead atoms. The van der Waals surface area contributed by atoms with E-state index in [0.29, 0.717) is 24.2 Å². The molecule has 0 saturated heterocycles. The Balaban J connectivity index is 1.20. The van der Waals surface area contributed by atoms with Crippen LogP contribution in [0.3, 0.4) is 0 Å². The number of methoxy groups -OCH3 is 2. The van der Waals surface area contributed by atoms with E-state index in [1.54, 1.807) is 19.1 Å². The highest BCUT2D eigenvalue weighted by molar-refractivity contribution is 7.94. The predicted octanol–water partition coefficient (Wildman–Crippen LogP) is 8.89. The number of amides is 1. The minimum atomic E-state index is -5.09. The lowest BCUT2D eigenvalue weighted by atomic mass is 10.1. The molecule has 0 aliphatic heterocycles. The van der Waals surface area contributed by atoms with E-state index in [-0.39, 0.29) is 101 Å². The molecule has 27 nitrogen and oxygen atoms in total. The zero-order valence-corrected chi connectivity index (χ0v) is 44.0. The summed E-state index contributed by atoms with van der Waals surface area (Å²) in [6.07, 6.45) is 0.449. The second-order valence-corrected chi connectivity index (χ2v) is 23.1. The first-order chi connectivity index (χ1) is 35.9. The first-order valence-corrected chi connectivity index (χ1v) is 28.6. The van der Waals surface area contributed by atoms with E-state index in [0.717, 1.165) is 24.3 Å². The van der Waals surface area contributed by atoms with Crippen molar-refractivity contribution in [3.8, 4) is 11.5 Å². The Hall–Kier alpha value is -7.08. The number of carbonyl (C=O) groups is 1. The Kier molecular flexibility index (Phi) is 17.5. The molecule has 0 aliphatic carbocycles. The third-order valence-corrected chi connectivity index (χ3v) is 15.7. The Morgan fingerprint density at radius 3 is 1.89 bits per heavy atom. The fraction of sp³-hybridized carbons (Fsp3) is 0.163. The standard InChI is InChI=1S/C43H39ClN10O17S5/c1-4-14-73(57,58)15-13-45-40(55)23-7-5-8-25(16-23)46-42-48-41(44)49-43(50-42)47-30-12-11-29(27-9-6-10-36(39(27)30)74(59,60)61)51-52-31-21-35(69-3)32(22-34(31)68-2)53-54-33-20-28-24(18-38(33)76(65,66)67)17-26(72-71-70-56)19-37(28)75(62,63)64/h5-12,16-22,56H,4,13-15H2,1-3H3,(H,45,55)(H,59,60,61)(H,62,63,64)(H,65,66,67)(H2,46,47,48,49,50). The molecule has 0 radical (unpaired) electrons. The molecular formula is C43H39ClN10O17S5. The molecule has 0 spiro atoms. The van der Waals surface area contributed by atoms with Crippen LogP contribution in [0.5, 0.6) is 11.5 Å². The summed E-state index contributed by atoms with van der Waals surface area (Å²) in [5.74, 6) is -1.16. The van der Waals surface area contributed by atoms with Crippen LogP contribution in [0, 0.1) is 0 Å². The van der Waals surface area contributed by atoms with Crippen LogP contribution >= 0.6 is 23.6 Å². The highest BCUT2D eigenvalue weighted by Gasteiger charge is 2.24. The fourth-order valence-electron chi connectivity index (χ4n) is 7.21. The molecule has 0 atom stereocenters. The molecule has 0 fully saturated rings. The molecule has 1 heterocycles. The number of anilines is 4. The van der Waals surface area contributed by atoms with Crippen LogP contribution in [-0.2, 0) is 49.6 Å². The first-order valence-electron chi connectivity index (χ1n) is 21.3. The topological polar surface area (TPSA) is 396 Å². The maximum atomic E-state index is 12.8. The third kappa shape index (κ3) is 13.8. The minimum absolute atomic E-state index is 0.0000809. The van der Waals surface area contributed by atoms with Gasteiger partial charge in [0.05, 0.1) is 43.4 Å². The summed E-state index contributed by atoms with van der Waals surface area (Å²) in [7, 11) is -15.8. The van der Waals surface area contributed by atoms with E-state index in [1.807, 2.05) is 0 Å². The van der Waals surface area contributed by atoms with Crippen LogP contribution in [0.15, 0.2) is 131 Å². The quantitative estimate of drug-likeness (QED) is 0.0109. The predicted molar refractivity (Wildman–Crippen MR) is 275 cm³/mol. The molecule has 1 aromatic heterocycles. The SMILES string of the molecule is CCCS(=O)(=O)CCNC(=O)c1cccc(Nc2nc(Cl)nc(Nc3ccc(N=Nc4cc(OC)c(N=Nc5cc6c(S(=O)(=O)O)cc(SOOO)cc6cc5S(=O)(=O)O)cc4OC)c4cccc(S(=O)(=O)O)c34)n2)c1. The lowest BCUT2D eigenvalue weighted by molar-refractivity contribution is -0.432. The van der Waals surface area contributed by atoms with Crippen LogP contribution in [0.2, 0.25) is 5.28 Å². The monoisotopic (exact) mass is 1160 g/mol. The molecule has 1 amide bonds. The van der Waals surface area contributed by atoms with Gasteiger partial charge in [-0.25, -0.2) is 13.7 Å². The van der Waals surface area contributed by atoms with Gasteiger partial charge < -0.3 is 25.4 Å². The number of benzene rings is 6. The number of halogens is 1. The summed E-state index contributed by atoms with van der Waals surface area (Å²) >= 11 is 6.59. The van der Waals surface area contributed by atoms with Crippen LogP contribution in [0.25, 0.3) is 21.5 Å². The molecular weight excluding hydrogens is 1120 g/mol. The largest absolute Gasteiger partial charge is 0.494 e. The molecule has 0 unspecified atom stereocenters. The average molecular weight is 1160 g/mol. The lowest BCUT2D eigenvalue weighted by Crippen LogP contribution is -2.29. The van der Waals surface area contributed by atoms with Crippen LogP contribution < -0.4 is 25.4 Å². The van der Waals surface area contributed by atoms with Gasteiger partial charge in [-0.3, -0.25) is 18.5 Å². The number of hydrogen-bond donors (Lipinski definition) is 7. The van der Waals surface area contributed by atoms with E-state index >= 15 is 0 Å². The Bertz CT molecular complexity index is 3950. The zero-order valence-electron chi connectivity index (χ0n) is 39.1. The van der Waals surface area contributed by atoms with Gasteiger partial charge in [-0.1, -0.05) is 30.2 Å². The minimum Gasteiger partial charge on any atom is -0.494 e. The normalized spacial score (nSPS) is 12.4. The lowest BCUT2D eigenvalue weighted by Gasteiger charge is -2.14. The third-order valence-electron chi connectivity index (χ3n) is 10.4. The maximum Gasteiger partial charge on any atom is 0.296 e. The van der Waals surface area contributed by atoms with E-state index in [9.17, 15) is 52.1 Å². The maximum absolute atomic E-state index is 12.8. The Morgan fingerprint density at radius 1 is 0.658 bits per heavy atom. The highest BCUT2D eigenvalue weighted by Crippen LogP contribution is 2.44. The molecule has 7 rings (SSSR count). The number of hydrogen-bond acceptors (Lipinski definition) is 24. The van der Waals surface area contributed by atoms with Gasteiger partial charge in [0.15, 0.2) is 9.84 Å². The average Bonchev–Trinajstić information content (AvgIpc) is 3.38. The second kappa shape index (κ2) is 23.4. The molecule has 76 heavy (non-hydrogen) atoms. The summed E-state index contributed by atoms with van der Waals surface area (Å²) in [4.78, 5) is 23.2. The Morgan fingerprint density at radius 2 is 1.28 bits per heavy atom. The van der Waals surface area contributed by atoms with Gasteiger partial charge >= 0.3 is 0 Å². The highest BCUT2D eigenvalue weighted by atomic mass is 35.5. The van der Waals surface area contributed by atoms with E-state index in [4.69, 9.17) is 26.3 Å². The van der Waals surface area contributed by atoms with Gasteiger partial charge in [0.1, 0.15) is 43.2 Å². The van der Waals surface area contributed by atoms with E-state index in [2.05, 4.69) is 60.7 Å². The molecule has 400 valence electrons. The van der Waals surface area contributed by atoms with Gasteiger partial charge in [-0.2, -0.15) is 40.2 Å². The number of rotatable bonds is 22. The number of fused-ring (bicyclic) bond motifs is 2. The van der Waals surface area contributed by atoms with Crippen molar-refractivity contribution in [3.05, 3.63) is 102 Å². The van der Waals surface area contributed by atoms with Crippen molar-refractivity contribution in [1.29, 1.82) is 0 Å². The van der Waals surface area contributed by atoms with Gasteiger partial charge in [0.2, 0.25) is 17.2 Å². The summed E-state index contributed by atoms with van der Waals surface area (Å²) in [5.41, 5.74) is -0.113. The van der Waals surface area contributed by atoms with Gasteiger partial charge in [-0.15, -0.1) is 24.8 Å². The number of nitrogens with zero attached hydrogens (tertiary/aromatic N) is 7. The smallest absolute Gasteiger partial charge is 0.296 e. The molecule has 6 aromatic carbocycles. The van der Waals surface area contributed by atoms with Crippen LogP contribution in [0.1, 0.15) is 23.7 Å². The first kappa shape index (κ1) is 56.6. The Labute approximate surface area is 441 Å². The van der Waals surface area contributed by atoms with E-state index in [1.165, 1.54) is 68.8 Å². The van der Waals surface area contributed by atoms with Crippen molar-refractivity contribution in [2.45, 2.75) is 32.9 Å². The molecule has 7 aromatic rings. The summed E-state index contributed by atoms with van der Waals surface area (Å²) in [5, 5.41) is 36.4. The molecule has 0 saturated carbocycles.